The van der Waals surface area contributed by atoms with Crippen LogP contribution in [0.25, 0.3) is 11.3 Å². The van der Waals surface area contributed by atoms with Crippen LogP contribution in [0, 0.1) is 0 Å². The van der Waals surface area contributed by atoms with Gasteiger partial charge >= 0.3 is 0 Å². The Morgan fingerprint density at radius 1 is 1.00 bits per heavy atom. The number of nitrogens with zero attached hydrogens (tertiary/aromatic N) is 2. The van der Waals surface area contributed by atoms with Gasteiger partial charge in [0.05, 0.1) is 25.1 Å². The topological polar surface area (TPSA) is 35.8 Å². The molecule has 3 rings (SSSR count). The molecule has 0 bridgehead atoms. The van der Waals surface area contributed by atoms with Crippen molar-refractivity contribution < 1.29 is 9.47 Å². The molecule has 6 heteroatoms. The molecule has 0 unspecified atom stereocenters. The molecule has 0 fully saturated rings. The van der Waals surface area contributed by atoms with Gasteiger partial charge in [-0.2, -0.15) is 0 Å². The lowest BCUT2D eigenvalue weighted by Gasteiger charge is -2.09. The molecular weight excluding hydrogens is 400 g/mol. The Balaban J connectivity index is 0.00000225. The molecule has 0 radical (unpaired) electrons. The summed E-state index contributed by atoms with van der Waals surface area (Å²) in [5.41, 5.74) is 3.22. The number of ether oxygens (including phenoxy) is 2. The van der Waals surface area contributed by atoms with E-state index in [1.165, 1.54) is 0 Å². The van der Waals surface area contributed by atoms with E-state index in [2.05, 4.69) is 22.1 Å². The molecule has 3 aromatic rings. The van der Waals surface area contributed by atoms with Crippen molar-refractivity contribution in [1.29, 1.82) is 0 Å². The quantitative estimate of drug-likeness (QED) is 0.579. The van der Waals surface area contributed by atoms with Crippen molar-refractivity contribution in [3.8, 4) is 17.0 Å². The summed E-state index contributed by atoms with van der Waals surface area (Å²) in [4.78, 5) is 5.74. The van der Waals surface area contributed by atoms with Crippen LogP contribution in [0.2, 0.25) is 0 Å². The van der Waals surface area contributed by atoms with Crippen LogP contribution in [-0.2, 0) is 11.3 Å². The number of hydrogen-bond donors (Lipinski definition) is 0. The van der Waals surface area contributed by atoms with Crippen molar-refractivity contribution in [3.05, 3.63) is 64.8 Å². The van der Waals surface area contributed by atoms with Gasteiger partial charge in [0.15, 0.2) is 4.80 Å². The number of methoxy groups -OCH3 is 2. The first kappa shape index (κ1) is 19.4. The van der Waals surface area contributed by atoms with Gasteiger partial charge in [-0.1, -0.05) is 18.2 Å². The standard InChI is InChI=1S/C19H20N2O2S.BrH/c1-22-13-12-21-18(15-8-10-17(23-2)11-9-15)14-24-19(21)20-16-6-4-3-5-7-16;/h3-11,14H,12-13H2,1-2H3;1H. The minimum absolute atomic E-state index is 0. The second-order valence-electron chi connectivity index (χ2n) is 5.22. The molecule has 25 heavy (non-hydrogen) atoms. The van der Waals surface area contributed by atoms with E-state index in [0.717, 1.165) is 34.0 Å². The van der Waals surface area contributed by atoms with Gasteiger partial charge in [0.2, 0.25) is 0 Å². The maximum absolute atomic E-state index is 5.27. The highest BCUT2D eigenvalue weighted by molar-refractivity contribution is 8.93. The summed E-state index contributed by atoms with van der Waals surface area (Å²) in [6, 6.07) is 18.1. The van der Waals surface area contributed by atoms with Crippen LogP contribution in [-0.4, -0.2) is 25.4 Å². The number of thiazole rings is 1. The number of halogens is 1. The van der Waals surface area contributed by atoms with Gasteiger partial charge in [-0.15, -0.1) is 28.3 Å². The highest BCUT2D eigenvalue weighted by Gasteiger charge is 2.08. The monoisotopic (exact) mass is 420 g/mol. The van der Waals surface area contributed by atoms with Crippen molar-refractivity contribution in [3.63, 3.8) is 0 Å². The van der Waals surface area contributed by atoms with Crippen LogP contribution < -0.4 is 9.54 Å². The minimum Gasteiger partial charge on any atom is -0.497 e. The fraction of sp³-hybridized carbons (Fsp3) is 0.211. The molecule has 1 heterocycles. The third kappa shape index (κ3) is 4.81. The van der Waals surface area contributed by atoms with Crippen LogP contribution in [0.1, 0.15) is 0 Å². The average Bonchev–Trinajstić information content (AvgIpc) is 3.03. The highest BCUT2D eigenvalue weighted by atomic mass is 79.9. The molecule has 0 aliphatic carbocycles. The molecule has 0 spiro atoms. The highest BCUT2D eigenvalue weighted by Crippen LogP contribution is 2.23. The maximum Gasteiger partial charge on any atom is 0.190 e. The van der Waals surface area contributed by atoms with E-state index in [0.29, 0.717) is 6.61 Å². The van der Waals surface area contributed by atoms with E-state index >= 15 is 0 Å². The SMILES string of the molecule is Br.COCCn1c(-c2ccc(OC)cc2)csc1=Nc1ccccc1. The molecule has 0 saturated heterocycles. The first-order chi connectivity index (χ1) is 11.8. The second kappa shape index (κ2) is 9.56. The molecule has 4 nitrogen and oxygen atoms in total. The molecule has 132 valence electrons. The number of rotatable bonds is 6. The average molecular weight is 421 g/mol. The van der Waals surface area contributed by atoms with Crippen molar-refractivity contribution in [2.75, 3.05) is 20.8 Å². The van der Waals surface area contributed by atoms with Crippen LogP contribution >= 0.6 is 28.3 Å². The van der Waals surface area contributed by atoms with E-state index in [1.807, 2.05) is 42.5 Å². The lowest BCUT2D eigenvalue weighted by atomic mass is 10.1. The van der Waals surface area contributed by atoms with Gasteiger partial charge < -0.3 is 14.0 Å². The van der Waals surface area contributed by atoms with Gasteiger partial charge in [0.1, 0.15) is 5.75 Å². The normalized spacial score (nSPS) is 11.2. The van der Waals surface area contributed by atoms with E-state index in [4.69, 9.17) is 14.5 Å². The molecule has 0 saturated carbocycles. The summed E-state index contributed by atoms with van der Waals surface area (Å²) in [6.45, 7) is 1.40. The minimum atomic E-state index is 0. The van der Waals surface area contributed by atoms with Crippen molar-refractivity contribution in [2.45, 2.75) is 6.54 Å². The predicted octanol–water partition coefficient (Wildman–Crippen LogP) is 4.68. The molecule has 2 aromatic carbocycles. The number of aromatic nitrogens is 1. The maximum atomic E-state index is 5.27. The molecule has 0 amide bonds. The summed E-state index contributed by atoms with van der Waals surface area (Å²) in [7, 11) is 3.39. The lowest BCUT2D eigenvalue weighted by Crippen LogP contribution is -2.18. The van der Waals surface area contributed by atoms with Gasteiger partial charge in [0, 0.05) is 19.0 Å². The molecule has 0 aliphatic heterocycles. The third-order valence-electron chi connectivity index (χ3n) is 3.68. The Hall–Kier alpha value is -1.89. The first-order valence-electron chi connectivity index (χ1n) is 7.73. The van der Waals surface area contributed by atoms with Gasteiger partial charge in [-0.25, -0.2) is 4.99 Å². The Morgan fingerprint density at radius 3 is 2.36 bits per heavy atom. The molecule has 0 atom stereocenters. The van der Waals surface area contributed by atoms with Gasteiger partial charge in [0.25, 0.3) is 0 Å². The van der Waals surface area contributed by atoms with Crippen molar-refractivity contribution in [2.24, 2.45) is 4.99 Å². The fourth-order valence-electron chi connectivity index (χ4n) is 2.42. The molecular formula is C19H21BrN2O2S. The largest absolute Gasteiger partial charge is 0.497 e. The lowest BCUT2D eigenvalue weighted by molar-refractivity contribution is 0.187. The molecule has 1 aromatic heterocycles. The first-order valence-corrected chi connectivity index (χ1v) is 8.61. The Bertz CT molecular complexity index is 842. The molecule has 0 aliphatic rings. The van der Waals surface area contributed by atoms with E-state index in [-0.39, 0.29) is 17.0 Å². The van der Waals surface area contributed by atoms with Gasteiger partial charge in [-0.05, 0) is 42.0 Å². The number of para-hydroxylation sites is 1. The van der Waals surface area contributed by atoms with Crippen LogP contribution in [0.5, 0.6) is 5.75 Å². The van der Waals surface area contributed by atoms with Gasteiger partial charge in [-0.3, -0.25) is 0 Å². The Kier molecular flexibility index (Phi) is 7.43. The Labute approximate surface area is 162 Å². The van der Waals surface area contributed by atoms with E-state index < -0.39 is 0 Å². The third-order valence-corrected chi connectivity index (χ3v) is 4.55. The second-order valence-corrected chi connectivity index (χ2v) is 6.06. The zero-order valence-electron chi connectivity index (χ0n) is 14.2. The summed E-state index contributed by atoms with van der Waals surface area (Å²) in [6.07, 6.45) is 0. The van der Waals surface area contributed by atoms with Crippen LogP contribution in [0.15, 0.2) is 65.0 Å². The smallest absolute Gasteiger partial charge is 0.190 e. The van der Waals surface area contributed by atoms with E-state index in [9.17, 15) is 0 Å². The number of benzene rings is 2. The predicted molar refractivity (Wildman–Crippen MR) is 108 cm³/mol. The zero-order valence-corrected chi connectivity index (χ0v) is 16.7. The summed E-state index contributed by atoms with van der Waals surface area (Å²) in [5.74, 6) is 0.853. The summed E-state index contributed by atoms with van der Waals surface area (Å²) < 4.78 is 12.7. The van der Waals surface area contributed by atoms with Crippen molar-refractivity contribution >= 4 is 34.0 Å². The summed E-state index contributed by atoms with van der Waals surface area (Å²) in [5, 5.41) is 2.14. The van der Waals surface area contributed by atoms with Crippen LogP contribution in [0.4, 0.5) is 5.69 Å². The summed E-state index contributed by atoms with van der Waals surface area (Å²) >= 11 is 1.64. The van der Waals surface area contributed by atoms with Crippen LogP contribution in [0.3, 0.4) is 0 Å². The number of hydrogen-bond acceptors (Lipinski definition) is 4. The van der Waals surface area contributed by atoms with E-state index in [1.54, 1.807) is 25.6 Å². The Morgan fingerprint density at radius 2 is 1.72 bits per heavy atom. The zero-order chi connectivity index (χ0) is 16.8. The van der Waals surface area contributed by atoms with Crippen molar-refractivity contribution in [1.82, 2.24) is 4.57 Å². The fourth-order valence-corrected chi connectivity index (χ4v) is 3.38. The molecule has 0 N–H and O–H groups in total.